The van der Waals surface area contributed by atoms with E-state index >= 15 is 0 Å². The van der Waals surface area contributed by atoms with Crippen LogP contribution in [0.4, 0.5) is 0 Å². The highest BCUT2D eigenvalue weighted by atomic mass is 31.2. The second-order valence-electron chi connectivity index (χ2n) is 15.7. The summed E-state index contributed by atoms with van der Waals surface area (Å²) in [5.41, 5.74) is 0. The molecule has 0 aliphatic carbocycles. The van der Waals surface area contributed by atoms with Gasteiger partial charge < -0.3 is 27.9 Å². The minimum absolute atomic E-state index is 0.0117. The van der Waals surface area contributed by atoms with Crippen molar-refractivity contribution >= 4 is 13.8 Å². The predicted octanol–water partition coefficient (Wildman–Crippen LogP) is 12.6. The molecule has 0 aliphatic rings. The number of carbonyl (C=O) groups is 1. The lowest BCUT2D eigenvalue weighted by Gasteiger charge is -2.28. The molecule has 0 saturated heterocycles. The standard InChI is InChI=1S/C48H84NO7P/c1-6-8-10-12-14-16-18-20-21-22-23-24-25-26-27-28-29-30-31-33-35-37-39-41-48(50)56-47(46-55-57(51,52)54-44-42-49(3,4)5)45-53-43-40-38-36-34-32-19-17-15-13-11-9-7-2/h8,10,14,16,20-21,23-24,26-27,29-30,33,35,47H,6-7,9,11-13,15,17-19,22,25,28,31-32,34,36-46H2,1-5H3/b10-8-,16-14-,21-20-,24-23-,27-26-,30-29-,35-33-. The minimum Gasteiger partial charge on any atom is -0.756 e. The number of nitrogens with zero attached hydrogens (tertiary/aromatic N) is 1. The van der Waals surface area contributed by atoms with Crippen LogP contribution in [0.15, 0.2) is 85.1 Å². The fraction of sp³-hybridized carbons (Fsp3) is 0.688. The van der Waals surface area contributed by atoms with Gasteiger partial charge in [-0.25, -0.2) is 0 Å². The molecule has 0 aromatic rings. The number of rotatable bonds is 40. The highest BCUT2D eigenvalue weighted by Crippen LogP contribution is 2.38. The number of phosphoric acid groups is 1. The van der Waals surface area contributed by atoms with Crippen molar-refractivity contribution < 1.29 is 37.3 Å². The maximum Gasteiger partial charge on any atom is 0.306 e. The summed E-state index contributed by atoms with van der Waals surface area (Å²) in [7, 11) is 1.31. The molecule has 328 valence electrons. The monoisotopic (exact) mass is 818 g/mol. The third kappa shape index (κ3) is 44.6. The first-order valence-corrected chi connectivity index (χ1v) is 23.8. The Morgan fingerprint density at radius 3 is 1.46 bits per heavy atom. The summed E-state index contributed by atoms with van der Waals surface area (Å²) < 4.78 is 34.5. The smallest absolute Gasteiger partial charge is 0.306 e. The summed E-state index contributed by atoms with van der Waals surface area (Å²) in [6.07, 6.45) is 53.2. The molecule has 57 heavy (non-hydrogen) atoms. The third-order valence-corrected chi connectivity index (χ3v) is 9.93. The number of ether oxygens (including phenoxy) is 2. The van der Waals surface area contributed by atoms with Gasteiger partial charge in [0.15, 0.2) is 0 Å². The van der Waals surface area contributed by atoms with Crippen LogP contribution in [-0.4, -0.2) is 70.7 Å². The van der Waals surface area contributed by atoms with Gasteiger partial charge in [-0.1, -0.05) is 170 Å². The van der Waals surface area contributed by atoms with Crippen molar-refractivity contribution in [3.63, 3.8) is 0 Å². The molecule has 0 rings (SSSR count). The minimum atomic E-state index is -4.54. The number of phosphoric ester groups is 1. The molecule has 0 N–H and O–H groups in total. The summed E-state index contributed by atoms with van der Waals surface area (Å²) in [4.78, 5) is 25.0. The van der Waals surface area contributed by atoms with E-state index in [9.17, 15) is 14.3 Å². The number of quaternary nitrogens is 1. The Hall–Kier alpha value is -2.32. The van der Waals surface area contributed by atoms with Gasteiger partial charge in [0.25, 0.3) is 7.82 Å². The quantitative estimate of drug-likeness (QED) is 0.0200. The van der Waals surface area contributed by atoms with Gasteiger partial charge in [0.05, 0.1) is 34.4 Å². The number of unbranched alkanes of at least 4 members (excludes halogenated alkanes) is 12. The predicted molar refractivity (Wildman–Crippen MR) is 240 cm³/mol. The van der Waals surface area contributed by atoms with Crippen molar-refractivity contribution in [2.75, 3.05) is 54.1 Å². The highest BCUT2D eigenvalue weighted by Gasteiger charge is 2.20. The molecule has 0 amide bonds. The topological polar surface area (TPSA) is 94.1 Å². The summed E-state index contributed by atoms with van der Waals surface area (Å²) in [6, 6.07) is 0. The number of likely N-dealkylation sites (N-methyl/N-ethyl adjacent to an activating group) is 1. The van der Waals surface area contributed by atoms with Gasteiger partial charge in [-0.3, -0.25) is 9.36 Å². The fourth-order valence-corrected chi connectivity index (χ4v) is 6.26. The van der Waals surface area contributed by atoms with Crippen LogP contribution >= 0.6 is 7.82 Å². The van der Waals surface area contributed by atoms with Crippen LogP contribution in [-0.2, 0) is 27.9 Å². The summed E-state index contributed by atoms with van der Waals surface area (Å²) >= 11 is 0. The fourth-order valence-electron chi connectivity index (χ4n) is 5.53. The lowest BCUT2D eigenvalue weighted by Crippen LogP contribution is -2.37. The number of carbonyl (C=O) groups excluding carboxylic acids is 1. The Labute approximate surface area is 350 Å². The zero-order valence-corrected chi connectivity index (χ0v) is 37.9. The summed E-state index contributed by atoms with van der Waals surface area (Å²) in [5, 5.41) is 0. The van der Waals surface area contributed by atoms with E-state index in [-0.39, 0.29) is 26.2 Å². The molecular formula is C48H84NO7P. The maximum absolute atomic E-state index is 12.7. The molecule has 2 atom stereocenters. The maximum atomic E-state index is 12.7. The van der Waals surface area contributed by atoms with Gasteiger partial charge in [-0.05, 0) is 64.2 Å². The van der Waals surface area contributed by atoms with Gasteiger partial charge in [-0.15, -0.1) is 0 Å². The number of hydrogen-bond donors (Lipinski definition) is 0. The van der Waals surface area contributed by atoms with E-state index in [1.165, 1.54) is 64.2 Å². The molecule has 9 heteroatoms. The normalized spacial score (nSPS) is 14.6. The van der Waals surface area contributed by atoms with E-state index in [4.69, 9.17) is 18.5 Å². The average molecular weight is 818 g/mol. The van der Waals surface area contributed by atoms with Crippen LogP contribution in [0.2, 0.25) is 0 Å². The number of esters is 1. The van der Waals surface area contributed by atoms with Crippen molar-refractivity contribution in [3.05, 3.63) is 85.1 Å². The van der Waals surface area contributed by atoms with E-state index in [1.807, 2.05) is 21.1 Å². The van der Waals surface area contributed by atoms with Crippen molar-refractivity contribution in [1.29, 1.82) is 0 Å². The molecule has 2 unspecified atom stereocenters. The largest absolute Gasteiger partial charge is 0.756 e. The van der Waals surface area contributed by atoms with E-state index in [0.29, 0.717) is 24.1 Å². The van der Waals surface area contributed by atoms with Crippen molar-refractivity contribution in [3.8, 4) is 0 Å². The molecule has 0 spiro atoms. The molecule has 0 bridgehead atoms. The van der Waals surface area contributed by atoms with Crippen molar-refractivity contribution in [2.45, 2.75) is 161 Å². The summed E-state index contributed by atoms with van der Waals surface area (Å²) in [6.45, 7) is 5.20. The zero-order chi connectivity index (χ0) is 42.0. The molecule has 0 radical (unpaired) electrons. The Balaban J connectivity index is 4.34. The lowest BCUT2D eigenvalue weighted by atomic mass is 10.1. The molecule has 0 aliphatic heterocycles. The molecule has 8 nitrogen and oxygen atoms in total. The molecule has 0 saturated carbocycles. The van der Waals surface area contributed by atoms with Crippen LogP contribution in [0.5, 0.6) is 0 Å². The van der Waals surface area contributed by atoms with E-state index in [2.05, 4.69) is 98.9 Å². The van der Waals surface area contributed by atoms with Crippen LogP contribution in [0, 0.1) is 0 Å². The molecular weight excluding hydrogens is 734 g/mol. The summed E-state index contributed by atoms with van der Waals surface area (Å²) in [5.74, 6) is -0.394. The van der Waals surface area contributed by atoms with Gasteiger partial charge in [0, 0.05) is 13.0 Å². The van der Waals surface area contributed by atoms with Gasteiger partial charge in [0.2, 0.25) is 0 Å². The Morgan fingerprint density at radius 1 is 0.561 bits per heavy atom. The molecule has 0 heterocycles. The average Bonchev–Trinajstić information content (AvgIpc) is 3.16. The second-order valence-corrected chi connectivity index (χ2v) is 17.1. The van der Waals surface area contributed by atoms with Crippen LogP contribution in [0.25, 0.3) is 0 Å². The number of hydrogen-bond acceptors (Lipinski definition) is 7. The van der Waals surface area contributed by atoms with Crippen molar-refractivity contribution in [2.24, 2.45) is 0 Å². The van der Waals surface area contributed by atoms with E-state index in [0.717, 1.165) is 64.2 Å². The first kappa shape index (κ1) is 54.7. The highest BCUT2D eigenvalue weighted by molar-refractivity contribution is 7.45. The molecule has 0 aromatic heterocycles. The first-order valence-electron chi connectivity index (χ1n) is 22.3. The Kier molecular flexibility index (Phi) is 38.8. The Morgan fingerprint density at radius 2 is 1.00 bits per heavy atom. The van der Waals surface area contributed by atoms with Gasteiger partial charge >= 0.3 is 5.97 Å². The van der Waals surface area contributed by atoms with Crippen molar-refractivity contribution in [1.82, 2.24) is 0 Å². The lowest BCUT2D eigenvalue weighted by molar-refractivity contribution is -0.870. The first-order chi connectivity index (χ1) is 27.6. The second kappa shape index (κ2) is 40.5. The van der Waals surface area contributed by atoms with Crippen LogP contribution in [0.1, 0.15) is 155 Å². The third-order valence-electron chi connectivity index (χ3n) is 8.96. The molecule has 0 fully saturated rings. The van der Waals surface area contributed by atoms with E-state index in [1.54, 1.807) is 0 Å². The molecule has 0 aromatic carbocycles. The van der Waals surface area contributed by atoms with Gasteiger partial charge in [-0.2, -0.15) is 0 Å². The van der Waals surface area contributed by atoms with Gasteiger partial charge in [0.1, 0.15) is 19.3 Å². The Bertz CT molecular complexity index is 1180. The number of allylic oxidation sites excluding steroid dienone is 14. The SMILES string of the molecule is CC/C=C\C/C=C\C/C=C\C/C=C\C/C=C\C/C=C\C/C=C\CCCC(=O)OC(COCCCCCCCCCCCCCC)COP(=O)([O-])OCC[N+](C)(C)C. The van der Waals surface area contributed by atoms with Crippen LogP contribution < -0.4 is 4.89 Å². The van der Waals surface area contributed by atoms with E-state index < -0.39 is 19.9 Å². The zero-order valence-electron chi connectivity index (χ0n) is 37.0. The van der Waals surface area contributed by atoms with Crippen LogP contribution in [0.3, 0.4) is 0 Å².